The van der Waals surface area contributed by atoms with Gasteiger partial charge in [0.15, 0.2) is 0 Å². The van der Waals surface area contributed by atoms with Crippen LogP contribution in [0, 0.1) is 20.8 Å². The number of ether oxygens (including phenoxy) is 2. The van der Waals surface area contributed by atoms with Crippen molar-refractivity contribution < 1.29 is 24.2 Å². The summed E-state index contributed by atoms with van der Waals surface area (Å²) in [5.41, 5.74) is 12.7. The maximum absolute atomic E-state index is 12.7. The number of aromatic nitrogens is 4. The highest BCUT2D eigenvalue weighted by atomic mass is 16.5. The lowest BCUT2D eigenvalue weighted by molar-refractivity contribution is -0.128. The summed E-state index contributed by atoms with van der Waals surface area (Å²) < 4.78 is 11.5. The molecule has 2 atom stereocenters. The molecule has 3 aromatic heterocycles. The van der Waals surface area contributed by atoms with E-state index in [-0.39, 0.29) is 24.0 Å². The Morgan fingerprint density at radius 3 is 2.19 bits per heavy atom. The van der Waals surface area contributed by atoms with E-state index in [0.717, 1.165) is 81.0 Å². The molecule has 0 fully saturated rings. The molecule has 0 saturated carbocycles. The van der Waals surface area contributed by atoms with Gasteiger partial charge in [0.2, 0.25) is 0 Å². The van der Waals surface area contributed by atoms with Crippen LogP contribution in [0.4, 0.5) is 0 Å². The number of rotatable bonds is 18. The van der Waals surface area contributed by atoms with E-state index in [9.17, 15) is 14.7 Å². The van der Waals surface area contributed by atoms with Gasteiger partial charge in [0, 0.05) is 52.0 Å². The average molecular weight is 711 g/mol. The summed E-state index contributed by atoms with van der Waals surface area (Å²) in [4.78, 5) is 41.3. The number of aromatic amines is 2. The number of aromatic carboxylic acids is 1. The highest BCUT2D eigenvalue weighted by Crippen LogP contribution is 2.42. The Bertz CT molecular complexity index is 1950. The van der Waals surface area contributed by atoms with Crippen molar-refractivity contribution in [2.75, 3.05) is 19.8 Å². The Kier molecular flexibility index (Phi) is 13.5. The number of aryl methyl sites for hydroxylation is 4. The smallest absolute Gasteiger partial charge is 0.338 e. The summed E-state index contributed by atoms with van der Waals surface area (Å²) in [6.07, 6.45) is 12.8. The molecule has 9 nitrogen and oxygen atoms in total. The molecule has 0 saturated heterocycles. The molecule has 3 aromatic rings. The van der Waals surface area contributed by atoms with Crippen molar-refractivity contribution >= 4 is 45.7 Å². The van der Waals surface area contributed by atoms with Gasteiger partial charge in [-0.05, 0) is 93.0 Å². The zero-order valence-corrected chi connectivity index (χ0v) is 32.3. The molecule has 5 rings (SSSR count). The second-order valence-electron chi connectivity index (χ2n) is 14.6. The zero-order valence-electron chi connectivity index (χ0n) is 32.3. The Morgan fingerprint density at radius 1 is 0.827 bits per heavy atom. The second kappa shape index (κ2) is 18.0. The van der Waals surface area contributed by atoms with Crippen molar-refractivity contribution in [2.24, 2.45) is 0 Å². The number of carbonyl (C=O) groups excluding carboxylic acids is 1. The van der Waals surface area contributed by atoms with Crippen LogP contribution >= 0.6 is 0 Å². The van der Waals surface area contributed by atoms with Crippen LogP contribution in [0.25, 0.3) is 33.2 Å². The number of hydrogen-bond acceptors (Lipinski definition) is 6. The van der Waals surface area contributed by atoms with E-state index in [2.05, 4.69) is 56.7 Å². The Labute approximate surface area is 308 Å². The lowest BCUT2D eigenvalue weighted by atomic mass is 9.87. The summed E-state index contributed by atoms with van der Waals surface area (Å²) in [7, 11) is 0. The number of hydrogen-bond donors (Lipinski definition) is 3. The zero-order chi connectivity index (χ0) is 37.4. The molecule has 0 aromatic carbocycles. The first kappa shape index (κ1) is 39.0. The number of nitrogens with zero attached hydrogens (tertiary/aromatic N) is 2. The molecule has 0 unspecified atom stereocenters. The lowest BCUT2D eigenvalue weighted by Crippen LogP contribution is -2.08. The minimum atomic E-state index is -0.993. The van der Waals surface area contributed by atoms with Gasteiger partial charge in [0.05, 0.1) is 35.7 Å². The number of allylic oxidation sites excluding steroid dienone is 1. The molecule has 3 N–H and O–H groups in total. The van der Waals surface area contributed by atoms with Crippen molar-refractivity contribution in [3.63, 3.8) is 0 Å². The van der Waals surface area contributed by atoms with E-state index in [4.69, 9.17) is 19.4 Å². The normalized spacial score (nSPS) is 15.8. The summed E-state index contributed by atoms with van der Waals surface area (Å²) in [6, 6.07) is 6.23. The minimum absolute atomic E-state index is 0.0129. The predicted molar refractivity (Wildman–Crippen MR) is 210 cm³/mol. The Morgan fingerprint density at radius 2 is 1.52 bits per heavy atom. The molecule has 2 aliphatic rings. The second-order valence-corrected chi connectivity index (χ2v) is 14.6. The fourth-order valence-electron chi connectivity index (χ4n) is 7.94. The largest absolute Gasteiger partial charge is 0.478 e. The fourth-order valence-corrected chi connectivity index (χ4v) is 7.94. The summed E-state index contributed by atoms with van der Waals surface area (Å²) in [5, 5.41) is 10.4. The van der Waals surface area contributed by atoms with Crippen molar-refractivity contribution in [1.29, 1.82) is 0 Å². The highest BCUT2D eigenvalue weighted by Gasteiger charge is 2.32. The first-order valence-corrected chi connectivity index (χ1v) is 19.4. The maximum Gasteiger partial charge on any atom is 0.338 e. The fraction of sp³-hybridized carbons (Fsp3) is 0.535. The monoisotopic (exact) mass is 710 g/mol. The molecule has 0 spiro atoms. The van der Waals surface area contributed by atoms with Gasteiger partial charge in [0.25, 0.3) is 6.47 Å². The molecular formula is C43H58N4O5. The quantitative estimate of drug-likeness (QED) is 0.0885. The number of carbonyl (C=O) groups is 2. The number of nitrogens with one attached hydrogen (secondary N) is 2. The van der Waals surface area contributed by atoms with Gasteiger partial charge >= 0.3 is 5.97 Å². The SMILES string of the molecule is CCCCCCCCCCCOCC1=C(C)c2cc3nc(c(C)c4[nH]c(cc5[nH]c(cc1n2)c(C)c5CC)c(C)c4C(=O)O)[C@@H](CCOC=O)[C@@H]3C. The van der Waals surface area contributed by atoms with E-state index in [1.807, 2.05) is 19.9 Å². The number of H-pyrrole nitrogens is 2. The number of unbranched alkanes of at least 4 members (excludes halogenated alkanes) is 8. The van der Waals surface area contributed by atoms with Crippen LogP contribution in [-0.2, 0) is 20.7 Å². The van der Waals surface area contributed by atoms with Gasteiger partial charge in [-0.3, -0.25) is 9.78 Å². The molecule has 5 heterocycles. The topological polar surface area (TPSA) is 130 Å². The van der Waals surface area contributed by atoms with Crippen molar-refractivity contribution in [2.45, 2.75) is 131 Å². The molecule has 52 heavy (non-hydrogen) atoms. The van der Waals surface area contributed by atoms with Gasteiger partial charge < -0.3 is 24.5 Å². The van der Waals surface area contributed by atoms with Gasteiger partial charge in [0.1, 0.15) is 0 Å². The van der Waals surface area contributed by atoms with Crippen molar-refractivity contribution in [3.05, 3.63) is 68.8 Å². The summed E-state index contributed by atoms with van der Waals surface area (Å²) in [5.74, 6) is -1.09. The van der Waals surface area contributed by atoms with Gasteiger partial charge in [-0.25, -0.2) is 9.78 Å². The molecule has 280 valence electrons. The summed E-state index contributed by atoms with van der Waals surface area (Å²) >= 11 is 0. The molecule has 2 aliphatic heterocycles. The molecule has 8 bridgehead atoms. The minimum Gasteiger partial charge on any atom is -0.478 e. The van der Waals surface area contributed by atoms with Crippen molar-refractivity contribution in [1.82, 2.24) is 19.9 Å². The first-order valence-electron chi connectivity index (χ1n) is 19.4. The molecular weight excluding hydrogens is 652 g/mol. The number of fused-ring (bicyclic) bond motifs is 8. The highest BCUT2D eigenvalue weighted by molar-refractivity contribution is 6.02. The molecule has 9 heteroatoms. The number of carboxylic acid groups (broad SMARTS) is 1. The van der Waals surface area contributed by atoms with Crippen LogP contribution in [0.2, 0.25) is 0 Å². The standard InChI is InChI=1S/C43H58N4O5/c1-8-10-11-12-13-14-15-16-17-19-51-24-33-28(5)34-21-36-27(4)32(18-20-52-25-48)41(46-36)30(7)42-40(43(49)50)29(6)37(47-42)23-38-31(9-2)26(3)35(44-38)22-39(33)45-34/h21-23,25,27,32,44,47H,8-20,24H2,1-7H3,(H,49,50)/t27-,32-/m0/s1. The molecule has 0 amide bonds. The van der Waals surface area contributed by atoms with Crippen LogP contribution in [0.1, 0.15) is 159 Å². The van der Waals surface area contributed by atoms with Crippen LogP contribution in [0.15, 0.2) is 18.2 Å². The van der Waals surface area contributed by atoms with Crippen molar-refractivity contribution in [3.8, 4) is 0 Å². The van der Waals surface area contributed by atoms with Gasteiger partial charge in [-0.2, -0.15) is 0 Å². The maximum atomic E-state index is 12.7. The predicted octanol–water partition coefficient (Wildman–Crippen LogP) is 10.4. The Hall–Kier alpha value is -4.24. The van der Waals surface area contributed by atoms with E-state index in [0.29, 0.717) is 30.6 Å². The van der Waals surface area contributed by atoms with Crippen LogP contribution in [-0.4, -0.2) is 57.3 Å². The lowest BCUT2D eigenvalue weighted by Gasteiger charge is -2.16. The Balaban J connectivity index is 1.60. The third kappa shape index (κ3) is 8.52. The third-order valence-electron chi connectivity index (χ3n) is 11.2. The molecule has 0 radical (unpaired) electrons. The van der Waals surface area contributed by atoms with E-state index in [1.165, 1.54) is 56.9 Å². The van der Waals surface area contributed by atoms with Gasteiger partial charge in [-0.1, -0.05) is 72.1 Å². The van der Waals surface area contributed by atoms with Crippen LogP contribution < -0.4 is 0 Å². The van der Waals surface area contributed by atoms with Gasteiger partial charge in [-0.15, -0.1) is 0 Å². The first-order chi connectivity index (χ1) is 25.1. The number of carboxylic acids is 1. The van der Waals surface area contributed by atoms with E-state index >= 15 is 0 Å². The van der Waals surface area contributed by atoms with Crippen LogP contribution in [0.5, 0.6) is 0 Å². The van der Waals surface area contributed by atoms with E-state index < -0.39 is 5.97 Å². The van der Waals surface area contributed by atoms with Crippen LogP contribution in [0.3, 0.4) is 0 Å². The third-order valence-corrected chi connectivity index (χ3v) is 11.2. The molecule has 0 aliphatic carbocycles. The summed E-state index contributed by atoms with van der Waals surface area (Å²) in [6.45, 7) is 16.5. The van der Waals surface area contributed by atoms with E-state index in [1.54, 1.807) is 0 Å². The average Bonchev–Trinajstić information content (AvgIpc) is 3.80.